The van der Waals surface area contributed by atoms with Crippen LogP contribution in [0, 0.1) is 11.3 Å². The van der Waals surface area contributed by atoms with Crippen LogP contribution in [0.25, 0.3) is 11.4 Å². The minimum Gasteiger partial charge on any atom is -0.496 e. The molecule has 1 aromatic carbocycles. The molecule has 0 amide bonds. The summed E-state index contributed by atoms with van der Waals surface area (Å²) in [4.78, 5) is 12.1. The van der Waals surface area contributed by atoms with Crippen LogP contribution in [-0.4, -0.2) is 33.4 Å². The highest BCUT2D eigenvalue weighted by Crippen LogP contribution is 2.30. The number of allylic oxidation sites excluding steroid dienone is 2. The first kappa shape index (κ1) is 18.5. The Morgan fingerprint density at radius 2 is 2.12 bits per heavy atom. The number of ether oxygens (including phenoxy) is 1. The van der Waals surface area contributed by atoms with Gasteiger partial charge in [0.15, 0.2) is 16.8 Å². The van der Waals surface area contributed by atoms with Crippen molar-refractivity contribution in [3.63, 3.8) is 0 Å². The first-order valence-electron chi connectivity index (χ1n) is 7.62. The molecule has 0 aliphatic carbocycles. The average molecular weight is 357 g/mol. The third-order valence-corrected chi connectivity index (χ3v) is 4.47. The quantitative estimate of drug-likeness (QED) is 0.460. The molecular weight excluding hydrogens is 338 g/mol. The van der Waals surface area contributed by atoms with Gasteiger partial charge in [-0.3, -0.25) is 4.79 Å². The van der Waals surface area contributed by atoms with E-state index < -0.39 is 0 Å². The molecule has 1 aromatic heterocycles. The highest BCUT2D eigenvalue weighted by molar-refractivity contribution is 7.99. The van der Waals surface area contributed by atoms with Crippen molar-refractivity contribution in [2.45, 2.75) is 25.5 Å². The Kier molecular flexibility index (Phi) is 6.19. The minimum absolute atomic E-state index is 0.0139. The highest BCUT2D eigenvalue weighted by atomic mass is 32.2. The van der Waals surface area contributed by atoms with Gasteiger partial charge in [0.2, 0.25) is 0 Å². The zero-order valence-electron chi connectivity index (χ0n) is 14.3. The van der Waals surface area contributed by atoms with E-state index in [2.05, 4.69) is 10.2 Å². The average Bonchev–Trinajstić information content (AvgIpc) is 3.02. The lowest BCUT2D eigenvalue weighted by Gasteiger charge is -2.10. The van der Waals surface area contributed by atoms with E-state index in [-0.39, 0.29) is 22.8 Å². The van der Waals surface area contributed by atoms with Crippen molar-refractivity contribution < 1.29 is 9.53 Å². The SMILES string of the molecule is CCn1c(SCC(=O)/C(C#N)=C(/C)N)nnc1-c1ccccc1OC. The summed E-state index contributed by atoms with van der Waals surface area (Å²) >= 11 is 1.23. The second kappa shape index (κ2) is 8.35. The molecule has 0 bridgehead atoms. The van der Waals surface area contributed by atoms with Crippen molar-refractivity contribution in [2.24, 2.45) is 5.73 Å². The Labute approximate surface area is 150 Å². The van der Waals surface area contributed by atoms with Gasteiger partial charge >= 0.3 is 0 Å². The summed E-state index contributed by atoms with van der Waals surface area (Å²) in [5.74, 6) is 1.12. The first-order valence-corrected chi connectivity index (χ1v) is 8.61. The number of hydrogen-bond acceptors (Lipinski definition) is 7. The van der Waals surface area contributed by atoms with E-state index in [1.807, 2.05) is 41.8 Å². The van der Waals surface area contributed by atoms with Gasteiger partial charge in [0.25, 0.3) is 0 Å². The molecule has 0 aliphatic rings. The summed E-state index contributed by atoms with van der Waals surface area (Å²) in [6, 6.07) is 9.39. The number of rotatable bonds is 7. The number of carbonyl (C=O) groups excluding carboxylic acids is 1. The molecule has 0 saturated heterocycles. The lowest BCUT2D eigenvalue weighted by Crippen LogP contribution is -2.11. The van der Waals surface area contributed by atoms with Crippen molar-refractivity contribution in [3.8, 4) is 23.2 Å². The second-order valence-electron chi connectivity index (χ2n) is 5.13. The molecule has 0 atom stereocenters. The molecular formula is C17H19N5O2S. The monoisotopic (exact) mass is 357 g/mol. The number of aromatic nitrogens is 3. The van der Waals surface area contributed by atoms with Crippen molar-refractivity contribution in [3.05, 3.63) is 35.5 Å². The fourth-order valence-corrected chi connectivity index (χ4v) is 3.16. The molecule has 0 radical (unpaired) electrons. The first-order chi connectivity index (χ1) is 12.0. The highest BCUT2D eigenvalue weighted by Gasteiger charge is 2.18. The van der Waals surface area contributed by atoms with Crippen LogP contribution in [0.2, 0.25) is 0 Å². The second-order valence-corrected chi connectivity index (χ2v) is 6.07. The number of hydrogen-bond donors (Lipinski definition) is 1. The third kappa shape index (κ3) is 4.00. The summed E-state index contributed by atoms with van der Waals surface area (Å²) in [5.41, 5.74) is 6.60. The molecule has 2 aromatic rings. The zero-order valence-corrected chi connectivity index (χ0v) is 15.1. The molecule has 2 N–H and O–H groups in total. The van der Waals surface area contributed by atoms with Gasteiger partial charge in [-0.15, -0.1) is 10.2 Å². The number of ketones is 1. The Morgan fingerprint density at radius 1 is 1.40 bits per heavy atom. The topological polar surface area (TPSA) is 107 Å². The number of methoxy groups -OCH3 is 1. The standard InChI is InChI=1S/C17H19N5O2S/c1-4-22-16(12-7-5-6-8-15(12)24-3)20-21-17(22)25-10-14(23)13(9-18)11(2)19/h5-8H,4,10,19H2,1-3H3/b13-11-. The zero-order chi connectivity index (χ0) is 18.4. The number of thioether (sulfide) groups is 1. The molecule has 8 heteroatoms. The normalized spacial score (nSPS) is 11.6. The summed E-state index contributed by atoms with van der Waals surface area (Å²) in [7, 11) is 1.60. The van der Waals surface area contributed by atoms with Crippen LogP contribution in [0.3, 0.4) is 0 Å². The molecule has 0 saturated carbocycles. The number of Topliss-reactive ketones (excluding diaryl/α,β-unsaturated/α-hetero) is 1. The molecule has 0 spiro atoms. The van der Waals surface area contributed by atoms with Crippen LogP contribution >= 0.6 is 11.8 Å². The van der Waals surface area contributed by atoms with E-state index >= 15 is 0 Å². The van der Waals surface area contributed by atoms with Gasteiger partial charge in [-0.2, -0.15) is 5.26 Å². The fourth-order valence-electron chi connectivity index (χ4n) is 2.28. The Hall–Kier alpha value is -2.79. The van der Waals surface area contributed by atoms with Crippen LogP contribution in [0.1, 0.15) is 13.8 Å². The van der Waals surface area contributed by atoms with Crippen molar-refractivity contribution >= 4 is 17.5 Å². The molecule has 1 heterocycles. The molecule has 7 nitrogen and oxygen atoms in total. The van der Waals surface area contributed by atoms with Gasteiger partial charge in [0.05, 0.1) is 18.4 Å². The number of nitriles is 1. The lowest BCUT2D eigenvalue weighted by molar-refractivity contribution is -0.112. The van der Waals surface area contributed by atoms with Gasteiger partial charge in [0, 0.05) is 12.2 Å². The van der Waals surface area contributed by atoms with Crippen LogP contribution < -0.4 is 10.5 Å². The van der Waals surface area contributed by atoms with E-state index in [0.717, 1.165) is 5.56 Å². The van der Waals surface area contributed by atoms with Crippen molar-refractivity contribution in [1.29, 1.82) is 5.26 Å². The lowest BCUT2D eigenvalue weighted by atomic mass is 10.2. The van der Waals surface area contributed by atoms with E-state index in [1.165, 1.54) is 18.7 Å². The van der Waals surface area contributed by atoms with Crippen molar-refractivity contribution in [2.75, 3.05) is 12.9 Å². The number of carbonyl (C=O) groups is 1. The molecule has 0 unspecified atom stereocenters. The predicted molar refractivity (Wildman–Crippen MR) is 95.9 cm³/mol. The van der Waals surface area contributed by atoms with Crippen LogP contribution in [0.4, 0.5) is 0 Å². The smallest absolute Gasteiger partial charge is 0.191 e. The molecule has 0 fully saturated rings. The molecule has 2 rings (SSSR count). The number of para-hydroxylation sites is 1. The number of nitrogens with two attached hydrogens (primary N) is 1. The minimum atomic E-state index is -0.322. The van der Waals surface area contributed by atoms with E-state index in [4.69, 9.17) is 15.7 Å². The maximum Gasteiger partial charge on any atom is 0.191 e. The van der Waals surface area contributed by atoms with Gasteiger partial charge in [-0.25, -0.2) is 0 Å². The maximum absolute atomic E-state index is 12.1. The Bertz CT molecular complexity index is 847. The van der Waals surface area contributed by atoms with Crippen LogP contribution in [-0.2, 0) is 11.3 Å². The summed E-state index contributed by atoms with van der Waals surface area (Å²) in [5, 5.41) is 18.0. The molecule has 0 aliphatic heterocycles. The molecule has 130 valence electrons. The van der Waals surface area contributed by atoms with Gasteiger partial charge in [0.1, 0.15) is 17.4 Å². The van der Waals surface area contributed by atoms with E-state index in [0.29, 0.717) is 23.3 Å². The van der Waals surface area contributed by atoms with Crippen LogP contribution in [0.5, 0.6) is 5.75 Å². The fraction of sp³-hybridized carbons (Fsp3) is 0.294. The number of benzene rings is 1. The summed E-state index contributed by atoms with van der Waals surface area (Å²) in [6.45, 7) is 4.14. The van der Waals surface area contributed by atoms with Crippen LogP contribution in [0.15, 0.2) is 40.7 Å². The Morgan fingerprint density at radius 3 is 2.72 bits per heavy atom. The van der Waals surface area contributed by atoms with E-state index in [1.54, 1.807) is 7.11 Å². The van der Waals surface area contributed by atoms with E-state index in [9.17, 15) is 4.79 Å². The van der Waals surface area contributed by atoms with Gasteiger partial charge < -0.3 is 15.0 Å². The van der Waals surface area contributed by atoms with Gasteiger partial charge in [-0.05, 0) is 26.0 Å². The van der Waals surface area contributed by atoms with Crippen molar-refractivity contribution in [1.82, 2.24) is 14.8 Å². The Balaban J connectivity index is 2.28. The van der Waals surface area contributed by atoms with Gasteiger partial charge in [-0.1, -0.05) is 23.9 Å². The largest absolute Gasteiger partial charge is 0.496 e. The maximum atomic E-state index is 12.1. The number of nitrogens with zero attached hydrogens (tertiary/aromatic N) is 4. The molecule has 25 heavy (non-hydrogen) atoms. The summed E-state index contributed by atoms with van der Waals surface area (Å²) in [6.07, 6.45) is 0. The third-order valence-electron chi connectivity index (χ3n) is 3.50. The predicted octanol–water partition coefficient (Wildman–Crippen LogP) is 2.39. The summed E-state index contributed by atoms with van der Waals surface area (Å²) < 4.78 is 7.28.